The minimum Gasteiger partial charge on any atom is -0.465 e. The molecule has 3 saturated carbocycles. The lowest BCUT2D eigenvalue weighted by Crippen LogP contribution is -2.33. The van der Waals surface area contributed by atoms with Crippen LogP contribution in [0.15, 0.2) is 41.4 Å². The average molecular weight is 566 g/mol. The summed E-state index contributed by atoms with van der Waals surface area (Å²) in [6.07, 6.45) is 1.10. The lowest BCUT2D eigenvalue weighted by atomic mass is 9.96. The minimum absolute atomic E-state index is 0.172. The molecule has 3 aliphatic carbocycles. The molecular formula is C27H30F3N3O5S. The molecule has 0 spiro atoms. The number of aromatic nitrogens is 1. The number of hydrogen-bond donors (Lipinski definition) is 2. The third kappa shape index (κ3) is 6.89. The van der Waals surface area contributed by atoms with Gasteiger partial charge in [0.1, 0.15) is 5.54 Å². The van der Waals surface area contributed by atoms with Gasteiger partial charge >= 0.3 is 12.3 Å². The Kier molecular flexibility index (Phi) is 8.23. The summed E-state index contributed by atoms with van der Waals surface area (Å²) in [5.41, 5.74) is -0.304. The first-order chi connectivity index (χ1) is 18.3. The summed E-state index contributed by atoms with van der Waals surface area (Å²) in [5.74, 6) is 0. The Labute approximate surface area is 225 Å². The fourth-order valence-corrected chi connectivity index (χ4v) is 6.78. The number of ether oxygens (including phenoxy) is 1. The Hall–Kier alpha value is -3.17. The smallest absolute Gasteiger partial charge is 0.417 e. The molecule has 12 heteroatoms. The molecule has 0 bridgehead atoms. The van der Waals surface area contributed by atoms with Crippen LogP contribution in [0.5, 0.6) is 0 Å². The summed E-state index contributed by atoms with van der Waals surface area (Å²) < 4.78 is 73.7. The standard InChI is InChI=1S/C22H24F3NO3S.C5H6N2O2/c1-14-11-16(9-10-26-14)15-5-8-21(20(12-15)22(23,24)25)30(27,28)19-7-6-18(13-19)29-17-3-2-4-17;6-3-5(1-2-5)7-4(8)9/h5,8-12,17-19H,2-4,6-7,13H2,1H3;7H,1-2H2,(H,8,9)/t18-,19-;/m1./s1. The molecule has 0 radical (unpaired) electrons. The number of amides is 1. The van der Waals surface area contributed by atoms with Crippen LogP contribution in [0.4, 0.5) is 18.0 Å². The fraction of sp³-hybridized carbons (Fsp3) is 0.519. The molecule has 2 N–H and O–H groups in total. The average Bonchev–Trinajstić information content (AvgIpc) is 3.44. The molecular weight excluding hydrogens is 535 g/mol. The molecule has 3 fully saturated rings. The predicted molar refractivity (Wildman–Crippen MR) is 135 cm³/mol. The van der Waals surface area contributed by atoms with E-state index in [9.17, 15) is 26.4 Å². The fourth-order valence-electron chi connectivity index (χ4n) is 4.76. The molecule has 1 aromatic heterocycles. The van der Waals surface area contributed by atoms with E-state index in [2.05, 4.69) is 10.3 Å². The van der Waals surface area contributed by atoms with Crippen molar-refractivity contribution in [3.63, 3.8) is 0 Å². The van der Waals surface area contributed by atoms with Gasteiger partial charge in [-0.05, 0) is 93.7 Å². The van der Waals surface area contributed by atoms with Crippen molar-refractivity contribution in [3.8, 4) is 17.2 Å². The van der Waals surface area contributed by atoms with Crippen LogP contribution >= 0.6 is 0 Å². The van der Waals surface area contributed by atoms with Gasteiger partial charge in [-0.3, -0.25) is 4.98 Å². The lowest BCUT2D eigenvalue weighted by molar-refractivity contribution is -0.139. The van der Waals surface area contributed by atoms with Crippen LogP contribution in [0.25, 0.3) is 11.1 Å². The zero-order valence-electron chi connectivity index (χ0n) is 21.4. The number of nitriles is 1. The monoisotopic (exact) mass is 565 g/mol. The second-order valence-electron chi connectivity index (χ2n) is 10.3. The predicted octanol–water partition coefficient (Wildman–Crippen LogP) is 5.65. The second-order valence-corrected chi connectivity index (χ2v) is 12.5. The van der Waals surface area contributed by atoms with Crippen molar-refractivity contribution in [2.45, 2.75) is 92.4 Å². The zero-order chi connectivity index (χ0) is 28.4. The van der Waals surface area contributed by atoms with E-state index >= 15 is 0 Å². The molecule has 8 nitrogen and oxygen atoms in total. The van der Waals surface area contributed by atoms with E-state index in [4.69, 9.17) is 15.1 Å². The van der Waals surface area contributed by atoms with E-state index in [0.29, 0.717) is 42.5 Å². The zero-order valence-corrected chi connectivity index (χ0v) is 22.2. The highest BCUT2D eigenvalue weighted by Crippen LogP contribution is 2.41. The van der Waals surface area contributed by atoms with Gasteiger partial charge in [-0.1, -0.05) is 6.07 Å². The van der Waals surface area contributed by atoms with Crippen LogP contribution < -0.4 is 5.32 Å². The number of alkyl halides is 3. The summed E-state index contributed by atoms with van der Waals surface area (Å²) in [6.45, 7) is 1.75. The highest BCUT2D eigenvalue weighted by molar-refractivity contribution is 7.92. The van der Waals surface area contributed by atoms with Crippen molar-refractivity contribution in [1.29, 1.82) is 5.26 Å². The molecule has 1 aromatic carbocycles. The van der Waals surface area contributed by atoms with Gasteiger partial charge < -0.3 is 15.2 Å². The maximum atomic E-state index is 13.8. The summed E-state index contributed by atoms with van der Waals surface area (Å²) in [7, 11) is -4.13. The minimum atomic E-state index is -4.78. The molecule has 210 valence electrons. The van der Waals surface area contributed by atoms with Crippen LogP contribution in [-0.4, -0.2) is 47.6 Å². The van der Waals surface area contributed by atoms with Gasteiger partial charge in [-0.15, -0.1) is 0 Å². The number of halogens is 3. The largest absolute Gasteiger partial charge is 0.465 e. The summed E-state index contributed by atoms with van der Waals surface area (Å²) in [6, 6.07) is 8.64. The van der Waals surface area contributed by atoms with Gasteiger partial charge in [0.15, 0.2) is 9.84 Å². The summed E-state index contributed by atoms with van der Waals surface area (Å²) in [4.78, 5) is 13.4. The van der Waals surface area contributed by atoms with Crippen molar-refractivity contribution in [3.05, 3.63) is 47.8 Å². The van der Waals surface area contributed by atoms with Gasteiger partial charge in [-0.2, -0.15) is 18.4 Å². The number of hydrogen-bond acceptors (Lipinski definition) is 6. The number of aryl methyl sites for hydroxylation is 1. The van der Waals surface area contributed by atoms with E-state index in [-0.39, 0.29) is 18.6 Å². The highest BCUT2D eigenvalue weighted by atomic mass is 32.2. The Bertz CT molecular complexity index is 1370. The Morgan fingerprint density at radius 2 is 1.82 bits per heavy atom. The van der Waals surface area contributed by atoms with Crippen LogP contribution in [0, 0.1) is 18.3 Å². The maximum absolute atomic E-state index is 13.8. The topological polar surface area (TPSA) is 129 Å². The third-order valence-corrected chi connectivity index (χ3v) is 9.62. The van der Waals surface area contributed by atoms with E-state index in [0.717, 1.165) is 31.4 Å². The number of nitrogens with one attached hydrogen (secondary N) is 1. The first-order valence-corrected chi connectivity index (χ1v) is 14.3. The Balaban J connectivity index is 0.000000333. The SMILES string of the molecule is Cc1cc(-c2ccc(S(=O)(=O)[C@@H]3CC[C@@H](OC4CCC4)C3)c(C(F)(F)F)c2)ccn1.N#CC1(NC(=O)O)CC1. The number of carbonyl (C=O) groups is 1. The molecule has 2 atom stereocenters. The van der Waals surface area contributed by atoms with Gasteiger partial charge in [0.2, 0.25) is 0 Å². The normalized spacial score (nSPS) is 22.1. The van der Waals surface area contributed by atoms with Crippen molar-refractivity contribution in [2.75, 3.05) is 0 Å². The molecule has 2 aromatic rings. The van der Waals surface area contributed by atoms with Gasteiger partial charge in [0.25, 0.3) is 0 Å². The maximum Gasteiger partial charge on any atom is 0.417 e. The van der Waals surface area contributed by atoms with Crippen LogP contribution in [0.1, 0.15) is 62.6 Å². The molecule has 0 saturated heterocycles. The van der Waals surface area contributed by atoms with E-state index in [1.165, 1.54) is 12.3 Å². The number of sulfone groups is 1. The molecule has 3 aliphatic rings. The van der Waals surface area contributed by atoms with Gasteiger partial charge in [-0.25, -0.2) is 13.2 Å². The van der Waals surface area contributed by atoms with Crippen LogP contribution in [0.3, 0.4) is 0 Å². The molecule has 5 rings (SSSR count). The number of benzene rings is 1. The second kappa shape index (κ2) is 11.1. The van der Waals surface area contributed by atoms with E-state index in [1.54, 1.807) is 19.1 Å². The van der Waals surface area contributed by atoms with Crippen molar-refractivity contribution in [1.82, 2.24) is 10.3 Å². The quantitative estimate of drug-likeness (QED) is 0.463. The molecule has 1 amide bonds. The number of rotatable bonds is 6. The van der Waals surface area contributed by atoms with Crippen molar-refractivity contribution < 1.29 is 36.2 Å². The number of pyridine rings is 1. The van der Waals surface area contributed by atoms with Crippen LogP contribution in [-0.2, 0) is 20.8 Å². The number of nitrogens with zero attached hydrogens (tertiary/aromatic N) is 2. The van der Waals surface area contributed by atoms with Gasteiger partial charge in [0.05, 0.1) is 34.0 Å². The van der Waals surface area contributed by atoms with Gasteiger partial charge in [0, 0.05) is 11.9 Å². The number of carboxylic acid groups (broad SMARTS) is 1. The molecule has 0 aliphatic heterocycles. The Morgan fingerprint density at radius 3 is 2.33 bits per heavy atom. The van der Waals surface area contributed by atoms with Crippen LogP contribution in [0.2, 0.25) is 0 Å². The van der Waals surface area contributed by atoms with E-state index in [1.807, 2.05) is 6.07 Å². The van der Waals surface area contributed by atoms with Crippen molar-refractivity contribution >= 4 is 15.9 Å². The molecule has 0 unspecified atom stereocenters. The summed E-state index contributed by atoms with van der Waals surface area (Å²) in [5, 5.41) is 17.8. The summed E-state index contributed by atoms with van der Waals surface area (Å²) >= 11 is 0. The first-order valence-electron chi connectivity index (χ1n) is 12.8. The molecule has 1 heterocycles. The molecule has 39 heavy (non-hydrogen) atoms. The highest BCUT2D eigenvalue weighted by Gasteiger charge is 2.45. The van der Waals surface area contributed by atoms with Crippen molar-refractivity contribution in [2.24, 2.45) is 0 Å². The lowest BCUT2D eigenvalue weighted by Gasteiger charge is -2.29. The third-order valence-electron chi connectivity index (χ3n) is 7.34. The van der Waals surface area contributed by atoms with E-state index < -0.39 is 43.4 Å². The first kappa shape index (κ1) is 28.8. The Morgan fingerprint density at radius 1 is 1.13 bits per heavy atom.